The Bertz CT molecular complexity index is 1180. The third-order valence-corrected chi connectivity index (χ3v) is 4.70. The molecule has 0 aliphatic heterocycles. The fraction of sp³-hybridized carbons (Fsp3) is 0.0952. The Hall–Kier alpha value is -3.65. The molecule has 7 nitrogen and oxygen atoms in total. The molecule has 0 atom stereocenters. The van der Waals surface area contributed by atoms with E-state index in [9.17, 15) is 4.79 Å². The zero-order valence-electron chi connectivity index (χ0n) is 15.7. The molecule has 0 unspecified atom stereocenters. The molecule has 8 heteroatoms. The summed E-state index contributed by atoms with van der Waals surface area (Å²) in [6, 6.07) is 20.7. The molecule has 29 heavy (non-hydrogen) atoms. The van der Waals surface area contributed by atoms with Gasteiger partial charge < -0.3 is 10.1 Å². The van der Waals surface area contributed by atoms with Crippen LogP contribution in [0.5, 0.6) is 5.75 Å². The summed E-state index contributed by atoms with van der Waals surface area (Å²) >= 11 is 5.63. The molecule has 4 aromatic rings. The minimum Gasteiger partial charge on any atom is -0.497 e. The summed E-state index contributed by atoms with van der Waals surface area (Å²) in [6.07, 6.45) is 3.76. The fourth-order valence-electron chi connectivity index (χ4n) is 2.97. The topological polar surface area (TPSA) is 66.0 Å². The highest BCUT2D eigenvalue weighted by molar-refractivity contribution is 7.71. The van der Waals surface area contributed by atoms with Crippen molar-refractivity contribution in [1.82, 2.24) is 19.1 Å². The molecule has 0 aliphatic carbocycles. The lowest BCUT2D eigenvalue weighted by molar-refractivity contribution is -0.116. The summed E-state index contributed by atoms with van der Waals surface area (Å²) in [5.41, 5.74) is 1.55. The molecule has 4 rings (SSSR count). The number of nitrogens with zero attached hydrogens (tertiary/aromatic N) is 4. The Labute approximate surface area is 172 Å². The van der Waals surface area contributed by atoms with E-state index in [1.807, 2.05) is 71.7 Å². The van der Waals surface area contributed by atoms with Crippen LogP contribution in [-0.2, 0) is 11.3 Å². The molecule has 0 saturated heterocycles. The summed E-state index contributed by atoms with van der Waals surface area (Å²) in [5.74, 6) is 1.09. The van der Waals surface area contributed by atoms with E-state index < -0.39 is 0 Å². The Balaban J connectivity index is 1.66. The second-order valence-electron chi connectivity index (χ2n) is 6.28. The minimum atomic E-state index is -0.230. The van der Waals surface area contributed by atoms with Gasteiger partial charge in [-0.25, -0.2) is 9.36 Å². The zero-order chi connectivity index (χ0) is 20.2. The predicted octanol–water partition coefficient (Wildman–Crippen LogP) is 3.84. The van der Waals surface area contributed by atoms with Gasteiger partial charge in [0.25, 0.3) is 0 Å². The summed E-state index contributed by atoms with van der Waals surface area (Å²) in [4.78, 5) is 12.6. The van der Waals surface area contributed by atoms with Crippen molar-refractivity contribution in [2.75, 3.05) is 12.4 Å². The van der Waals surface area contributed by atoms with Crippen molar-refractivity contribution in [3.05, 3.63) is 83.9 Å². The molecule has 0 saturated carbocycles. The SMILES string of the molecule is COc1cccc(NC(=O)Cn2nc(-c3ccccc3)n(-n3cccc3)c2=S)c1. The molecule has 2 aromatic heterocycles. The second-order valence-corrected chi connectivity index (χ2v) is 6.65. The number of aromatic nitrogens is 4. The number of ether oxygens (including phenoxy) is 1. The van der Waals surface area contributed by atoms with Crippen LogP contribution in [0, 0.1) is 4.77 Å². The smallest absolute Gasteiger partial charge is 0.246 e. The Kier molecular flexibility index (Phi) is 5.26. The number of hydrogen-bond donors (Lipinski definition) is 1. The summed E-state index contributed by atoms with van der Waals surface area (Å²) in [6.45, 7) is -0.00978. The molecular weight excluding hydrogens is 386 g/mol. The lowest BCUT2D eigenvalue weighted by Crippen LogP contribution is -2.20. The van der Waals surface area contributed by atoms with Gasteiger partial charge in [-0.2, -0.15) is 0 Å². The van der Waals surface area contributed by atoms with E-state index in [1.54, 1.807) is 23.9 Å². The van der Waals surface area contributed by atoms with Gasteiger partial charge >= 0.3 is 0 Å². The van der Waals surface area contributed by atoms with Crippen LogP contribution in [0.15, 0.2) is 79.1 Å². The van der Waals surface area contributed by atoms with Crippen LogP contribution in [0.2, 0.25) is 0 Å². The number of hydrogen-bond acceptors (Lipinski definition) is 4. The van der Waals surface area contributed by atoms with E-state index in [4.69, 9.17) is 17.0 Å². The van der Waals surface area contributed by atoms with Crippen LogP contribution in [0.3, 0.4) is 0 Å². The molecule has 0 radical (unpaired) electrons. The number of nitrogens with one attached hydrogen (secondary N) is 1. The van der Waals surface area contributed by atoms with Crippen molar-refractivity contribution in [3.63, 3.8) is 0 Å². The monoisotopic (exact) mass is 405 g/mol. The highest BCUT2D eigenvalue weighted by Gasteiger charge is 2.16. The van der Waals surface area contributed by atoms with Gasteiger partial charge in [-0.3, -0.25) is 9.47 Å². The first-order valence-corrected chi connectivity index (χ1v) is 9.39. The third-order valence-electron chi connectivity index (χ3n) is 4.32. The first kappa shape index (κ1) is 18.7. The Morgan fingerprint density at radius 3 is 2.55 bits per heavy atom. The lowest BCUT2D eigenvalue weighted by Gasteiger charge is -2.07. The van der Waals surface area contributed by atoms with Crippen molar-refractivity contribution in [2.45, 2.75) is 6.54 Å². The first-order chi connectivity index (χ1) is 14.2. The highest BCUT2D eigenvalue weighted by atomic mass is 32.1. The van der Waals surface area contributed by atoms with Gasteiger partial charge in [-0.1, -0.05) is 36.4 Å². The Morgan fingerprint density at radius 1 is 1.07 bits per heavy atom. The first-order valence-electron chi connectivity index (χ1n) is 8.98. The third kappa shape index (κ3) is 3.97. The standard InChI is InChI=1S/C21H19N5O2S/c1-28-18-11-7-10-17(14-18)22-19(27)15-25-21(29)26(24-12-5-6-13-24)20(23-25)16-8-3-2-4-9-16/h2-14H,15H2,1H3,(H,22,27). The maximum atomic E-state index is 12.6. The van der Waals surface area contributed by atoms with E-state index in [0.717, 1.165) is 5.56 Å². The van der Waals surface area contributed by atoms with E-state index in [1.165, 1.54) is 4.68 Å². The van der Waals surface area contributed by atoms with E-state index in [-0.39, 0.29) is 12.5 Å². The molecule has 0 spiro atoms. The van der Waals surface area contributed by atoms with Gasteiger partial charge in [0.2, 0.25) is 10.7 Å². The average molecular weight is 405 g/mol. The van der Waals surface area contributed by atoms with Crippen LogP contribution < -0.4 is 10.1 Å². The maximum Gasteiger partial charge on any atom is 0.246 e. The average Bonchev–Trinajstić information content (AvgIpc) is 3.37. The van der Waals surface area contributed by atoms with Gasteiger partial charge in [0.05, 0.1) is 7.11 Å². The van der Waals surface area contributed by atoms with Crippen LogP contribution in [0.1, 0.15) is 0 Å². The van der Waals surface area contributed by atoms with Crippen LogP contribution >= 0.6 is 12.2 Å². The molecule has 1 N–H and O–H groups in total. The molecule has 0 aliphatic rings. The van der Waals surface area contributed by atoms with Crippen molar-refractivity contribution < 1.29 is 9.53 Å². The molecule has 146 valence electrons. The van der Waals surface area contributed by atoms with Gasteiger partial charge in [0.15, 0.2) is 5.82 Å². The second kappa shape index (κ2) is 8.15. The van der Waals surface area contributed by atoms with Gasteiger partial charge in [-0.15, -0.1) is 5.10 Å². The van der Waals surface area contributed by atoms with Crippen LogP contribution in [0.25, 0.3) is 11.4 Å². The molecule has 0 bridgehead atoms. The number of benzene rings is 2. The van der Waals surface area contributed by atoms with Crippen LogP contribution in [-0.4, -0.2) is 32.1 Å². The quantitative estimate of drug-likeness (QED) is 0.495. The highest BCUT2D eigenvalue weighted by Crippen LogP contribution is 2.19. The normalized spacial score (nSPS) is 10.7. The molecule has 2 aromatic carbocycles. The zero-order valence-corrected chi connectivity index (χ0v) is 16.5. The van der Waals surface area contributed by atoms with Gasteiger partial charge in [0.1, 0.15) is 12.3 Å². The van der Waals surface area contributed by atoms with Crippen molar-refractivity contribution in [2.24, 2.45) is 0 Å². The van der Waals surface area contributed by atoms with Crippen LogP contribution in [0.4, 0.5) is 5.69 Å². The van der Waals surface area contributed by atoms with E-state index >= 15 is 0 Å². The minimum absolute atomic E-state index is 0.00978. The summed E-state index contributed by atoms with van der Waals surface area (Å²) < 4.78 is 10.8. The fourth-order valence-corrected chi connectivity index (χ4v) is 3.26. The predicted molar refractivity (Wildman–Crippen MR) is 113 cm³/mol. The summed E-state index contributed by atoms with van der Waals surface area (Å²) in [7, 11) is 1.58. The molecule has 0 fully saturated rings. The number of methoxy groups -OCH3 is 1. The lowest BCUT2D eigenvalue weighted by atomic mass is 10.2. The van der Waals surface area contributed by atoms with E-state index in [2.05, 4.69) is 10.4 Å². The number of amides is 1. The Morgan fingerprint density at radius 2 is 1.83 bits per heavy atom. The maximum absolute atomic E-state index is 12.6. The van der Waals surface area contributed by atoms with Gasteiger partial charge in [0, 0.05) is 29.7 Å². The molecule has 2 heterocycles. The number of carbonyl (C=O) groups excluding carboxylic acids is 1. The van der Waals surface area contributed by atoms with Crippen molar-refractivity contribution in [3.8, 4) is 17.1 Å². The van der Waals surface area contributed by atoms with Crippen molar-refractivity contribution >= 4 is 23.8 Å². The number of carbonyl (C=O) groups is 1. The van der Waals surface area contributed by atoms with Crippen molar-refractivity contribution in [1.29, 1.82) is 0 Å². The van der Waals surface area contributed by atoms with E-state index in [0.29, 0.717) is 22.0 Å². The van der Waals surface area contributed by atoms with Gasteiger partial charge in [-0.05, 0) is 36.5 Å². The summed E-state index contributed by atoms with van der Waals surface area (Å²) in [5, 5.41) is 7.47. The number of rotatable bonds is 6. The number of anilines is 1. The largest absolute Gasteiger partial charge is 0.497 e. The molecule has 1 amide bonds. The molecular formula is C21H19N5O2S.